The maximum absolute atomic E-state index is 13.7. The summed E-state index contributed by atoms with van der Waals surface area (Å²) in [7, 11) is -4.00. The van der Waals surface area contributed by atoms with Gasteiger partial charge in [0, 0.05) is 17.1 Å². The molecule has 1 aliphatic rings. The largest absolute Gasteiger partial charge is 0.480 e. The molecule has 1 aliphatic carbocycles. The van der Waals surface area contributed by atoms with E-state index in [-0.39, 0.29) is 23.7 Å². The molecule has 0 aliphatic heterocycles. The van der Waals surface area contributed by atoms with Crippen LogP contribution in [-0.2, 0) is 14.8 Å². The highest BCUT2D eigenvalue weighted by Crippen LogP contribution is 2.28. The van der Waals surface area contributed by atoms with Gasteiger partial charge in [-0.1, -0.05) is 18.5 Å². The van der Waals surface area contributed by atoms with Crippen molar-refractivity contribution < 1.29 is 22.7 Å². The van der Waals surface area contributed by atoms with Crippen LogP contribution in [0.25, 0.3) is 0 Å². The van der Waals surface area contributed by atoms with E-state index in [4.69, 9.17) is 16.7 Å². The van der Waals surface area contributed by atoms with Gasteiger partial charge in [-0.15, -0.1) is 0 Å². The number of halogens is 2. The van der Waals surface area contributed by atoms with Crippen LogP contribution in [-0.4, -0.2) is 49.6 Å². The molecular formula is C14H18ClFN2O4S. The third-order valence-electron chi connectivity index (χ3n) is 3.88. The number of carboxylic acid groups (broad SMARTS) is 1. The van der Waals surface area contributed by atoms with Crippen molar-refractivity contribution in [1.29, 1.82) is 0 Å². The Labute approximate surface area is 139 Å². The Kier molecular flexibility index (Phi) is 5.61. The summed E-state index contributed by atoms with van der Waals surface area (Å²) in [5.74, 6) is -1.78. The Morgan fingerprint density at radius 3 is 2.70 bits per heavy atom. The van der Waals surface area contributed by atoms with Crippen molar-refractivity contribution in [1.82, 2.24) is 9.62 Å². The SMILES string of the molecule is CCN(CC(=O)O)C1CC(NS(=O)(=O)c2cc(Cl)ccc2F)C1. The number of hydrogen-bond donors (Lipinski definition) is 2. The van der Waals surface area contributed by atoms with Crippen LogP contribution >= 0.6 is 11.6 Å². The van der Waals surface area contributed by atoms with Gasteiger partial charge >= 0.3 is 5.97 Å². The molecule has 2 rings (SSSR count). The van der Waals surface area contributed by atoms with E-state index < -0.39 is 26.7 Å². The number of likely N-dealkylation sites (N-methyl/N-ethyl adjacent to an activating group) is 1. The van der Waals surface area contributed by atoms with Gasteiger partial charge < -0.3 is 5.11 Å². The number of benzene rings is 1. The topological polar surface area (TPSA) is 86.7 Å². The molecule has 0 bridgehead atoms. The molecule has 0 radical (unpaired) electrons. The molecule has 0 amide bonds. The van der Waals surface area contributed by atoms with Gasteiger partial charge in [-0.05, 0) is 37.6 Å². The minimum absolute atomic E-state index is 0.00742. The van der Waals surface area contributed by atoms with Gasteiger partial charge in [-0.3, -0.25) is 9.69 Å². The first kappa shape index (κ1) is 18.1. The quantitative estimate of drug-likeness (QED) is 0.769. The average Bonchev–Trinajstić information content (AvgIpc) is 2.42. The van der Waals surface area contributed by atoms with Crippen molar-refractivity contribution in [2.24, 2.45) is 0 Å². The zero-order valence-corrected chi connectivity index (χ0v) is 14.1. The minimum Gasteiger partial charge on any atom is -0.480 e. The first-order valence-corrected chi connectivity index (χ1v) is 9.02. The summed E-state index contributed by atoms with van der Waals surface area (Å²) in [6, 6.07) is 3.02. The number of nitrogens with one attached hydrogen (secondary N) is 1. The van der Waals surface area contributed by atoms with Crippen molar-refractivity contribution in [3.8, 4) is 0 Å². The molecule has 0 atom stereocenters. The van der Waals surface area contributed by atoms with Gasteiger partial charge in [0.05, 0.1) is 6.54 Å². The predicted octanol–water partition coefficient (Wildman–Crippen LogP) is 1.69. The lowest BCUT2D eigenvalue weighted by Gasteiger charge is -2.42. The van der Waals surface area contributed by atoms with Crippen molar-refractivity contribution in [3.63, 3.8) is 0 Å². The molecule has 6 nitrogen and oxygen atoms in total. The fourth-order valence-electron chi connectivity index (χ4n) is 2.62. The number of hydrogen-bond acceptors (Lipinski definition) is 4. The summed E-state index contributed by atoms with van der Waals surface area (Å²) >= 11 is 5.72. The number of nitrogens with zero attached hydrogens (tertiary/aromatic N) is 1. The van der Waals surface area contributed by atoms with Crippen molar-refractivity contribution in [2.45, 2.75) is 36.7 Å². The first-order valence-electron chi connectivity index (χ1n) is 7.16. The molecule has 0 spiro atoms. The Balaban J connectivity index is 1.99. The van der Waals surface area contributed by atoms with E-state index in [1.165, 1.54) is 6.07 Å². The maximum atomic E-state index is 13.7. The second kappa shape index (κ2) is 7.12. The fourth-order valence-corrected chi connectivity index (χ4v) is 4.22. The summed E-state index contributed by atoms with van der Waals surface area (Å²) in [4.78, 5) is 12.1. The van der Waals surface area contributed by atoms with E-state index in [9.17, 15) is 17.6 Å². The van der Waals surface area contributed by atoms with Crippen molar-refractivity contribution >= 4 is 27.6 Å². The van der Waals surface area contributed by atoms with Crippen LogP contribution in [0.5, 0.6) is 0 Å². The molecule has 128 valence electrons. The molecule has 1 saturated carbocycles. The third-order valence-corrected chi connectivity index (χ3v) is 5.65. The van der Waals surface area contributed by atoms with Gasteiger partial charge in [0.15, 0.2) is 0 Å². The van der Waals surface area contributed by atoms with Crippen LogP contribution in [0.15, 0.2) is 23.1 Å². The van der Waals surface area contributed by atoms with Crippen LogP contribution in [0.3, 0.4) is 0 Å². The molecule has 1 aromatic rings. The van der Waals surface area contributed by atoms with Gasteiger partial charge in [0.2, 0.25) is 10.0 Å². The molecule has 9 heteroatoms. The van der Waals surface area contributed by atoms with E-state index in [2.05, 4.69) is 4.72 Å². The Morgan fingerprint density at radius 2 is 2.13 bits per heavy atom. The molecule has 23 heavy (non-hydrogen) atoms. The van der Waals surface area contributed by atoms with Gasteiger partial charge in [0.25, 0.3) is 0 Å². The number of carboxylic acids is 1. The van der Waals surface area contributed by atoms with E-state index in [1.54, 1.807) is 4.90 Å². The monoisotopic (exact) mass is 364 g/mol. The molecule has 1 fully saturated rings. The normalized spacial score (nSPS) is 21.2. The van der Waals surface area contributed by atoms with Crippen molar-refractivity contribution in [3.05, 3.63) is 29.0 Å². The summed E-state index contributed by atoms with van der Waals surface area (Å²) in [5, 5.41) is 8.97. The lowest BCUT2D eigenvalue weighted by Crippen LogP contribution is -2.54. The van der Waals surface area contributed by atoms with E-state index >= 15 is 0 Å². The Morgan fingerprint density at radius 1 is 1.48 bits per heavy atom. The maximum Gasteiger partial charge on any atom is 0.317 e. The minimum atomic E-state index is -4.00. The highest BCUT2D eigenvalue weighted by Gasteiger charge is 2.36. The van der Waals surface area contributed by atoms with Crippen LogP contribution in [0.4, 0.5) is 4.39 Å². The highest BCUT2D eigenvalue weighted by atomic mass is 35.5. The molecule has 0 heterocycles. The number of rotatable bonds is 7. The third kappa shape index (κ3) is 4.41. The number of carbonyl (C=O) groups is 1. The van der Waals surface area contributed by atoms with E-state index in [0.717, 1.165) is 12.1 Å². The fraction of sp³-hybridized carbons (Fsp3) is 0.500. The van der Waals surface area contributed by atoms with Crippen LogP contribution in [0, 0.1) is 5.82 Å². The highest BCUT2D eigenvalue weighted by molar-refractivity contribution is 7.89. The molecule has 1 aromatic carbocycles. The average molecular weight is 365 g/mol. The molecule has 0 saturated heterocycles. The van der Waals surface area contributed by atoms with Crippen LogP contribution < -0.4 is 4.72 Å². The van der Waals surface area contributed by atoms with E-state index in [0.29, 0.717) is 19.4 Å². The summed E-state index contributed by atoms with van der Waals surface area (Å²) in [5.41, 5.74) is 0. The second-order valence-corrected chi connectivity index (χ2v) is 7.59. The Bertz CT molecular complexity index is 692. The molecular weight excluding hydrogens is 347 g/mol. The Hall–Kier alpha value is -1.22. The predicted molar refractivity (Wildman–Crippen MR) is 83.4 cm³/mol. The molecule has 0 aromatic heterocycles. The zero-order chi connectivity index (χ0) is 17.2. The van der Waals surface area contributed by atoms with Crippen molar-refractivity contribution in [2.75, 3.05) is 13.1 Å². The summed E-state index contributed by atoms with van der Waals surface area (Å²) in [6.45, 7) is 2.34. The smallest absolute Gasteiger partial charge is 0.317 e. The first-order chi connectivity index (χ1) is 10.7. The van der Waals surface area contributed by atoms with Crippen LogP contribution in [0.2, 0.25) is 5.02 Å². The van der Waals surface area contributed by atoms with Gasteiger partial charge in [-0.25, -0.2) is 17.5 Å². The van der Waals surface area contributed by atoms with Crippen LogP contribution in [0.1, 0.15) is 19.8 Å². The zero-order valence-electron chi connectivity index (χ0n) is 12.5. The van der Waals surface area contributed by atoms with Gasteiger partial charge in [0.1, 0.15) is 10.7 Å². The standard InChI is InChI=1S/C14H18ClFN2O4S/c1-2-18(8-14(19)20)11-6-10(7-11)17-23(21,22)13-5-9(15)3-4-12(13)16/h3-5,10-11,17H,2,6-8H2,1H3,(H,19,20). The second-order valence-electron chi connectivity index (χ2n) is 5.48. The number of sulfonamides is 1. The molecule has 0 unspecified atom stereocenters. The summed E-state index contributed by atoms with van der Waals surface area (Å²) < 4.78 is 40.6. The summed E-state index contributed by atoms with van der Waals surface area (Å²) in [6.07, 6.45) is 0.977. The lowest BCUT2D eigenvalue weighted by molar-refractivity contribution is -0.139. The molecule has 2 N–H and O–H groups in total. The number of aliphatic carboxylic acids is 1. The van der Waals surface area contributed by atoms with Gasteiger partial charge in [-0.2, -0.15) is 0 Å². The van der Waals surface area contributed by atoms with E-state index in [1.807, 2.05) is 6.92 Å². The lowest BCUT2D eigenvalue weighted by atomic mass is 9.86.